The summed E-state index contributed by atoms with van der Waals surface area (Å²) in [7, 11) is 0. The molecular weight excluding hydrogens is 234 g/mol. The molecule has 0 heterocycles. The monoisotopic (exact) mass is 263 g/mol. The van der Waals surface area contributed by atoms with Gasteiger partial charge < -0.3 is 10.1 Å². The topological polar surface area (TPSA) is 21.3 Å². The highest BCUT2D eigenvalue weighted by Crippen LogP contribution is 2.07. The highest BCUT2D eigenvalue weighted by Gasteiger charge is 1.97. The number of benzene rings is 1. The van der Waals surface area contributed by atoms with Crippen LogP contribution in [-0.4, -0.2) is 13.2 Å². The van der Waals surface area contributed by atoms with Gasteiger partial charge >= 0.3 is 0 Å². The highest BCUT2D eigenvalue weighted by molar-refractivity contribution is 5.21. The van der Waals surface area contributed by atoms with Gasteiger partial charge in [0.2, 0.25) is 0 Å². The highest BCUT2D eigenvalue weighted by atomic mass is 16.5. The molecule has 19 heavy (non-hydrogen) atoms. The van der Waals surface area contributed by atoms with Gasteiger partial charge in [-0.25, -0.2) is 0 Å². The van der Waals surface area contributed by atoms with E-state index in [1.807, 2.05) is 0 Å². The molecule has 0 aliphatic carbocycles. The standard InChI is InChI=1S/C17H29NO/c1-4-11-18-13-16-7-9-17(10-8-16)14-19-12-5-6-15(2)3/h7-10,15,18H,4-6,11-14H2,1-3H3. The van der Waals surface area contributed by atoms with E-state index < -0.39 is 0 Å². The van der Waals surface area contributed by atoms with E-state index in [1.165, 1.54) is 24.0 Å². The molecule has 0 aliphatic heterocycles. The van der Waals surface area contributed by atoms with Crippen LogP contribution in [0.15, 0.2) is 24.3 Å². The number of hydrogen-bond acceptors (Lipinski definition) is 2. The molecule has 1 aromatic rings. The number of hydrogen-bond donors (Lipinski definition) is 1. The van der Waals surface area contributed by atoms with Crippen molar-refractivity contribution >= 4 is 0 Å². The molecule has 1 aromatic carbocycles. The zero-order valence-electron chi connectivity index (χ0n) is 12.7. The van der Waals surface area contributed by atoms with Crippen LogP contribution in [0.2, 0.25) is 0 Å². The van der Waals surface area contributed by atoms with Crippen LogP contribution >= 0.6 is 0 Å². The minimum atomic E-state index is 0.737. The molecule has 2 nitrogen and oxygen atoms in total. The van der Waals surface area contributed by atoms with E-state index in [-0.39, 0.29) is 0 Å². The fraction of sp³-hybridized carbons (Fsp3) is 0.647. The van der Waals surface area contributed by atoms with Crippen molar-refractivity contribution in [1.29, 1.82) is 0 Å². The quantitative estimate of drug-likeness (QED) is 0.641. The Morgan fingerprint density at radius 3 is 2.42 bits per heavy atom. The van der Waals surface area contributed by atoms with Gasteiger partial charge in [0.25, 0.3) is 0 Å². The molecule has 0 bridgehead atoms. The summed E-state index contributed by atoms with van der Waals surface area (Å²) in [6.07, 6.45) is 3.60. The summed E-state index contributed by atoms with van der Waals surface area (Å²) in [6.45, 7) is 10.4. The molecule has 0 aromatic heterocycles. The lowest BCUT2D eigenvalue weighted by molar-refractivity contribution is 0.115. The van der Waals surface area contributed by atoms with Crippen molar-refractivity contribution in [3.8, 4) is 0 Å². The maximum absolute atomic E-state index is 5.69. The number of rotatable bonds is 10. The minimum absolute atomic E-state index is 0.737. The second-order valence-electron chi connectivity index (χ2n) is 5.58. The third kappa shape index (κ3) is 8.02. The van der Waals surface area contributed by atoms with Crippen LogP contribution in [0.1, 0.15) is 51.2 Å². The van der Waals surface area contributed by atoms with E-state index >= 15 is 0 Å². The van der Waals surface area contributed by atoms with E-state index in [2.05, 4.69) is 50.4 Å². The van der Waals surface area contributed by atoms with E-state index in [1.54, 1.807) is 0 Å². The van der Waals surface area contributed by atoms with Crippen molar-refractivity contribution in [1.82, 2.24) is 5.32 Å². The van der Waals surface area contributed by atoms with E-state index in [4.69, 9.17) is 4.74 Å². The third-order valence-corrected chi connectivity index (χ3v) is 3.12. The smallest absolute Gasteiger partial charge is 0.0716 e. The van der Waals surface area contributed by atoms with Gasteiger partial charge in [0.05, 0.1) is 6.61 Å². The van der Waals surface area contributed by atoms with Crippen LogP contribution in [0.4, 0.5) is 0 Å². The molecule has 0 aliphatic rings. The molecule has 0 saturated heterocycles. The predicted octanol–water partition coefficient (Wildman–Crippen LogP) is 4.14. The molecule has 0 fully saturated rings. The molecular formula is C17H29NO. The average Bonchev–Trinajstić information content (AvgIpc) is 2.40. The molecule has 0 amide bonds. The summed E-state index contributed by atoms with van der Waals surface area (Å²) in [4.78, 5) is 0. The van der Waals surface area contributed by atoms with Crippen molar-refractivity contribution in [3.63, 3.8) is 0 Å². The Labute approximate surface area is 118 Å². The molecule has 2 heteroatoms. The van der Waals surface area contributed by atoms with Gasteiger partial charge in [0.15, 0.2) is 0 Å². The Kier molecular flexibility index (Phi) is 8.52. The van der Waals surface area contributed by atoms with Crippen LogP contribution in [0.25, 0.3) is 0 Å². The van der Waals surface area contributed by atoms with Gasteiger partial charge in [-0.1, -0.05) is 45.0 Å². The van der Waals surface area contributed by atoms with E-state index in [0.29, 0.717) is 0 Å². The normalized spacial score (nSPS) is 11.2. The first-order chi connectivity index (χ1) is 9.22. The second kappa shape index (κ2) is 9.99. The van der Waals surface area contributed by atoms with Crippen LogP contribution in [0.5, 0.6) is 0 Å². The molecule has 0 saturated carbocycles. The summed E-state index contributed by atoms with van der Waals surface area (Å²) in [5.74, 6) is 0.776. The molecule has 0 spiro atoms. The lowest BCUT2D eigenvalue weighted by Gasteiger charge is -2.07. The molecule has 108 valence electrons. The van der Waals surface area contributed by atoms with E-state index in [0.717, 1.165) is 38.6 Å². The van der Waals surface area contributed by atoms with Crippen molar-refractivity contribution in [2.75, 3.05) is 13.2 Å². The number of nitrogens with one attached hydrogen (secondary N) is 1. The maximum Gasteiger partial charge on any atom is 0.0716 e. The molecule has 1 N–H and O–H groups in total. The zero-order valence-corrected chi connectivity index (χ0v) is 12.7. The minimum Gasteiger partial charge on any atom is -0.377 e. The lowest BCUT2D eigenvalue weighted by Crippen LogP contribution is -2.13. The van der Waals surface area contributed by atoms with Crippen molar-refractivity contribution < 1.29 is 4.74 Å². The van der Waals surface area contributed by atoms with Gasteiger partial charge in [-0.05, 0) is 42.9 Å². The molecule has 0 atom stereocenters. The Bertz CT molecular complexity index is 319. The lowest BCUT2D eigenvalue weighted by atomic mass is 10.1. The van der Waals surface area contributed by atoms with Gasteiger partial charge in [-0.2, -0.15) is 0 Å². The first kappa shape index (κ1) is 16.2. The van der Waals surface area contributed by atoms with Gasteiger partial charge in [-0.3, -0.25) is 0 Å². The largest absolute Gasteiger partial charge is 0.377 e. The predicted molar refractivity (Wildman–Crippen MR) is 82.2 cm³/mol. The summed E-state index contributed by atoms with van der Waals surface area (Å²) in [5.41, 5.74) is 2.61. The summed E-state index contributed by atoms with van der Waals surface area (Å²) in [6, 6.07) is 8.72. The van der Waals surface area contributed by atoms with Gasteiger partial charge in [0.1, 0.15) is 0 Å². The fourth-order valence-corrected chi connectivity index (χ4v) is 1.95. The first-order valence-corrected chi connectivity index (χ1v) is 7.58. The van der Waals surface area contributed by atoms with Crippen molar-refractivity contribution in [3.05, 3.63) is 35.4 Å². The Balaban J connectivity index is 2.17. The SMILES string of the molecule is CCCNCc1ccc(COCCCC(C)C)cc1. The summed E-state index contributed by atoms with van der Waals surface area (Å²) in [5, 5.41) is 3.41. The maximum atomic E-state index is 5.69. The molecule has 0 radical (unpaired) electrons. The van der Waals surface area contributed by atoms with Crippen molar-refractivity contribution in [2.45, 2.75) is 53.2 Å². The summed E-state index contributed by atoms with van der Waals surface area (Å²) < 4.78 is 5.69. The van der Waals surface area contributed by atoms with Crippen LogP contribution < -0.4 is 5.32 Å². The zero-order chi connectivity index (χ0) is 13.9. The molecule has 0 unspecified atom stereocenters. The average molecular weight is 263 g/mol. The number of ether oxygens (including phenoxy) is 1. The fourth-order valence-electron chi connectivity index (χ4n) is 1.95. The Morgan fingerprint density at radius 2 is 1.79 bits per heavy atom. The van der Waals surface area contributed by atoms with E-state index in [9.17, 15) is 0 Å². The molecule has 1 rings (SSSR count). The van der Waals surface area contributed by atoms with Crippen molar-refractivity contribution in [2.24, 2.45) is 5.92 Å². The first-order valence-electron chi connectivity index (χ1n) is 7.58. The summed E-state index contributed by atoms with van der Waals surface area (Å²) >= 11 is 0. The second-order valence-corrected chi connectivity index (χ2v) is 5.58. The van der Waals surface area contributed by atoms with Crippen LogP contribution in [-0.2, 0) is 17.9 Å². The Hall–Kier alpha value is -0.860. The Morgan fingerprint density at radius 1 is 1.11 bits per heavy atom. The third-order valence-electron chi connectivity index (χ3n) is 3.12. The van der Waals surface area contributed by atoms with Crippen LogP contribution in [0, 0.1) is 5.92 Å². The van der Waals surface area contributed by atoms with Gasteiger partial charge in [-0.15, -0.1) is 0 Å². The van der Waals surface area contributed by atoms with Gasteiger partial charge in [0, 0.05) is 13.2 Å². The van der Waals surface area contributed by atoms with Crippen LogP contribution in [0.3, 0.4) is 0 Å².